The van der Waals surface area contributed by atoms with Gasteiger partial charge in [-0.3, -0.25) is 0 Å². The Bertz CT molecular complexity index is 577. The van der Waals surface area contributed by atoms with Crippen LogP contribution in [0.1, 0.15) is 57.5 Å². The molecular weight excluding hydrogens is 274 g/mol. The minimum atomic E-state index is 0.173. The van der Waals surface area contributed by atoms with Crippen molar-refractivity contribution < 1.29 is 0 Å². The smallest absolute Gasteiger partial charge is 0.0412 e. The second-order valence-electron chi connectivity index (χ2n) is 6.52. The maximum absolute atomic E-state index is 3.57. The van der Waals surface area contributed by atoms with Crippen LogP contribution in [0.4, 0.5) is 0 Å². The molecule has 0 fully saturated rings. The molecule has 1 aromatic heterocycles. The van der Waals surface area contributed by atoms with Crippen LogP contribution >= 0.6 is 11.3 Å². The number of hydrogen-bond acceptors (Lipinski definition) is 2. The molecule has 2 rings (SSSR count). The molecule has 0 bridgehead atoms. The fraction of sp³-hybridized carbons (Fsp3) is 0.474. The van der Waals surface area contributed by atoms with E-state index in [-0.39, 0.29) is 5.41 Å². The summed E-state index contributed by atoms with van der Waals surface area (Å²) in [5, 5.41) is 3.57. The molecule has 1 N–H and O–H groups in total. The zero-order valence-corrected chi connectivity index (χ0v) is 14.7. The fourth-order valence-electron chi connectivity index (χ4n) is 2.73. The monoisotopic (exact) mass is 301 g/mol. The van der Waals surface area contributed by atoms with E-state index in [0.29, 0.717) is 6.04 Å². The van der Waals surface area contributed by atoms with Crippen LogP contribution in [0.25, 0.3) is 10.4 Å². The zero-order chi connectivity index (χ0) is 15.5. The molecule has 0 aliphatic carbocycles. The summed E-state index contributed by atoms with van der Waals surface area (Å²) in [5.74, 6) is 0. The minimum Gasteiger partial charge on any atom is -0.310 e. The van der Waals surface area contributed by atoms with Gasteiger partial charge in [0.2, 0.25) is 0 Å². The summed E-state index contributed by atoms with van der Waals surface area (Å²) in [6.45, 7) is 12.3. The fourth-order valence-corrected chi connectivity index (χ4v) is 3.94. The molecule has 2 heteroatoms. The van der Waals surface area contributed by atoms with Crippen molar-refractivity contribution in [1.29, 1.82) is 0 Å². The van der Waals surface area contributed by atoms with Crippen LogP contribution in [0.3, 0.4) is 0 Å². The van der Waals surface area contributed by atoms with Crippen molar-refractivity contribution in [2.45, 2.75) is 52.5 Å². The van der Waals surface area contributed by atoms with Crippen LogP contribution in [0.5, 0.6) is 0 Å². The molecule has 1 unspecified atom stereocenters. The van der Waals surface area contributed by atoms with Gasteiger partial charge >= 0.3 is 0 Å². The Morgan fingerprint density at radius 3 is 2.38 bits per heavy atom. The Labute approximate surface area is 133 Å². The Morgan fingerprint density at radius 1 is 1.05 bits per heavy atom. The topological polar surface area (TPSA) is 12.0 Å². The third-order valence-corrected chi connectivity index (χ3v) is 5.06. The van der Waals surface area contributed by atoms with Crippen molar-refractivity contribution in [2.24, 2.45) is 0 Å². The lowest BCUT2D eigenvalue weighted by Crippen LogP contribution is -2.18. The number of benzene rings is 1. The molecule has 0 aliphatic heterocycles. The molecular formula is C19H27NS. The van der Waals surface area contributed by atoms with E-state index in [9.17, 15) is 0 Å². The van der Waals surface area contributed by atoms with Crippen molar-refractivity contribution in [3.8, 4) is 10.4 Å². The highest BCUT2D eigenvalue weighted by Gasteiger charge is 2.19. The van der Waals surface area contributed by atoms with Gasteiger partial charge < -0.3 is 5.32 Å². The predicted molar refractivity (Wildman–Crippen MR) is 95.2 cm³/mol. The van der Waals surface area contributed by atoms with Crippen molar-refractivity contribution >= 4 is 11.3 Å². The molecule has 114 valence electrons. The molecule has 1 heterocycles. The van der Waals surface area contributed by atoms with Crippen molar-refractivity contribution in [2.75, 3.05) is 6.54 Å². The van der Waals surface area contributed by atoms with Crippen LogP contribution in [0.15, 0.2) is 36.4 Å². The van der Waals surface area contributed by atoms with E-state index in [2.05, 4.69) is 76.3 Å². The first kappa shape index (κ1) is 16.3. The Kier molecular flexibility index (Phi) is 5.23. The van der Waals surface area contributed by atoms with Gasteiger partial charge in [0.25, 0.3) is 0 Å². The summed E-state index contributed by atoms with van der Waals surface area (Å²) in [4.78, 5) is 2.82. The maximum Gasteiger partial charge on any atom is 0.0412 e. The van der Waals surface area contributed by atoms with E-state index in [1.807, 2.05) is 11.3 Å². The van der Waals surface area contributed by atoms with Gasteiger partial charge in [0.1, 0.15) is 0 Å². The van der Waals surface area contributed by atoms with Crippen LogP contribution in [0.2, 0.25) is 0 Å². The predicted octanol–water partition coefficient (Wildman–Crippen LogP) is 5.77. The third kappa shape index (κ3) is 3.75. The number of hydrogen-bond donors (Lipinski definition) is 1. The largest absolute Gasteiger partial charge is 0.310 e. The van der Waals surface area contributed by atoms with Crippen LogP contribution in [0, 0.1) is 0 Å². The quantitative estimate of drug-likeness (QED) is 0.739. The molecule has 0 radical (unpaired) electrons. The van der Waals surface area contributed by atoms with Crippen molar-refractivity contribution in [1.82, 2.24) is 5.32 Å². The minimum absolute atomic E-state index is 0.173. The van der Waals surface area contributed by atoms with E-state index in [1.165, 1.54) is 20.9 Å². The zero-order valence-electron chi connectivity index (χ0n) is 13.9. The van der Waals surface area contributed by atoms with Crippen LogP contribution < -0.4 is 5.32 Å². The lowest BCUT2D eigenvalue weighted by atomic mass is 9.83. The first-order valence-electron chi connectivity index (χ1n) is 7.90. The summed E-state index contributed by atoms with van der Waals surface area (Å²) in [6.07, 6.45) is 1.13. The van der Waals surface area contributed by atoms with E-state index in [1.54, 1.807) is 0 Å². The summed E-state index contributed by atoms with van der Waals surface area (Å²) < 4.78 is 0. The summed E-state index contributed by atoms with van der Waals surface area (Å²) >= 11 is 1.93. The van der Waals surface area contributed by atoms with Crippen LogP contribution in [-0.2, 0) is 5.41 Å². The maximum atomic E-state index is 3.57. The molecule has 0 saturated heterocycles. The molecule has 1 aromatic carbocycles. The number of thiophene rings is 1. The average molecular weight is 301 g/mol. The van der Waals surface area contributed by atoms with Crippen molar-refractivity contribution in [3.63, 3.8) is 0 Å². The molecule has 0 aliphatic rings. The van der Waals surface area contributed by atoms with E-state index in [0.717, 1.165) is 13.0 Å². The van der Waals surface area contributed by atoms with Gasteiger partial charge in [-0.1, -0.05) is 58.9 Å². The molecule has 21 heavy (non-hydrogen) atoms. The lowest BCUT2D eigenvalue weighted by molar-refractivity contribution is 0.545. The van der Waals surface area contributed by atoms with E-state index >= 15 is 0 Å². The van der Waals surface area contributed by atoms with Crippen LogP contribution in [-0.4, -0.2) is 6.54 Å². The van der Waals surface area contributed by atoms with Gasteiger partial charge in [-0.15, -0.1) is 11.3 Å². The van der Waals surface area contributed by atoms with Gasteiger partial charge in [-0.25, -0.2) is 0 Å². The highest BCUT2D eigenvalue weighted by atomic mass is 32.1. The number of rotatable bonds is 5. The van der Waals surface area contributed by atoms with Crippen molar-refractivity contribution in [3.05, 3.63) is 46.8 Å². The van der Waals surface area contributed by atoms with Gasteiger partial charge in [0, 0.05) is 15.8 Å². The first-order chi connectivity index (χ1) is 9.97. The molecule has 0 spiro atoms. The molecule has 1 nitrogen and oxygen atoms in total. The highest BCUT2D eigenvalue weighted by molar-refractivity contribution is 7.15. The molecule has 2 aromatic rings. The Hall–Kier alpha value is -1.12. The lowest BCUT2D eigenvalue weighted by Gasteiger charge is -2.22. The standard InChI is InChI=1S/C19H27NS/c1-6-16(20-7-2)18-13-12-17(21-18)14-10-8-9-11-15(14)19(3,4)5/h8-13,16,20H,6-7H2,1-5H3. The summed E-state index contributed by atoms with van der Waals surface area (Å²) in [7, 11) is 0. The second-order valence-corrected chi connectivity index (χ2v) is 7.63. The van der Waals surface area contributed by atoms with Gasteiger partial charge in [0.05, 0.1) is 0 Å². The normalized spacial score (nSPS) is 13.4. The third-order valence-electron chi connectivity index (χ3n) is 3.83. The van der Waals surface area contributed by atoms with E-state index < -0.39 is 0 Å². The van der Waals surface area contributed by atoms with Gasteiger partial charge in [-0.05, 0) is 41.6 Å². The molecule has 0 saturated carbocycles. The van der Waals surface area contributed by atoms with E-state index in [4.69, 9.17) is 0 Å². The summed E-state index contributed by atoms with van der Waals surface area (Å²) in [5.41, 5.74) is 2.98. The summed E-state index contributed by atoms with van der Waals surface area (Å²) in [6, 6.07) is 13.9. The second kappa shape index (κ2) is 6.76. The highest BCUT2D eigenvalue weighted by Crippen LogP contribution is 2.38. The average Bonchev–Trinajstić information content (AvgIpc) is 2.93. The first-order valence-corrected chi connectivity index (χ1v) is 8.72. The Balaban J connectivity index is 2.38. The number of nitrogens with one attached hydrogen (secondary N) is 1. The Morgan fingerprint density at radius 2 is 1.76 bits per heavy atom. The molecule has 1 atom stereocenters. The molecule has 0 amide bonds. The SMILES string of the molecule is CCNC(CC)c1ccc(-c2ccccc2C(C)(C)C)s1. The van der Waals surface area contributed by atoms with Gasteiger partial charge in [0.15, 0.2) is 0 Å². The van der Waals surface area contributed by atoms with Gasteiger partial charge in [-0.2, -0.15) is 0 Å².